The number of carbonyl (C=O) groups excluding carboxylic acids is 1. The minimum atomic E-state index is -0.169. The van der Waals surface area contributed by atoms with Gasteiger partial charge in [0.25, 0.3) is 0 Å². The number of methoxy groups -OCH3 is 3. The van der Waals surface area contributed by atoms with Crippen LogP contribution in [0.25, 0.3) is 6.08 Å². The third-order valence-electron chi connectivity index (χ3n) is 5.29. The number of benzene rings is 1. The van der Waals surface area contributed by atoms with Gasteiger partial charge in [0.1, 0.15) is 5.76 Å². The number of nitrogens with zero attached hydrogens (tertiary/aromatic N) is 1. The largest absolute Gasteiger partial charge is 0.493 e. The quantitative estimate of drug-likeness (QED) is 0.632. The number of carbonyl (C=O) groups is 1. The number of nitrogens with one attached hydrogen (secondary N) is 1. The Morgan fingerprint density at radius 1 is 1.13 bits per heavy atom. The fourth-order valence-electron chi connectivity index (χ4n) is 3.75. The molecule has 30 heavy (non-hydrogen) atoms. The van der Waals surface area contributed by atoms with E-state index in [-0.39, 0.29) is 11.9 Å². The van der Waals surface area contributed by atoms with Crippen LogP contribution in [0.1, 0.15) is 36.6 Å². The third kappa shape index (κ3) is 5.36. The number of hydrogen-bond acceptors (Lipinski definition) is 6. The van der Waals surface area contributed by atoms with E-state index in [0.717, 1.165) is 24.4 Å². The number of rotatable bonds is 9. The predicted octanol–water partition coefficient (Wildman–Crippen LogP) is 3.66. The molecule has 1 amide bonds. The van der Waals surface area contributed by atoms with Gasteiger partial charge in [-0.15, -0.1) is 0 Å². The molecule has 3 rings (SSSR count). The van der Waals surface area contributed by atoms with Gasteiger partial charge in [-0.2, -0.15) is 0 Å². The highest BCUT2D eigenvalue weighted by molar-refractivity contribution is 5.91. The van der Waals surface area contributed by atoms with Gasteiger partial charge in [-0.3, -0.25) is 9.69 Å². The standard InChI is InChI=1S/C23H30N2O5/c1-27-20-14-17(15-21(28-2)23(20)29-3)9-10-22(26)24-16-18(19-8-7-13-30-19)25-11-5-4-6-12-25/h7-10,13-15,18H,4-6,11-12,16H2,1-3H3,(H,24,26)/b10-9-/t18-/m0/s1. The molecule has 1 atom stereocenters. The number of ether oxygens (including phenoxy) is 3. The number of piperidine rings is 1. The molecule has 2 heterocycles. The highest BCUT2D eigenvalue weighted by Crippen LogP contribution is 2.38. The Labute approximate surface area is 177 Å². The number of likely N-dealkylation sites (tertiary alicyclic amines) is 1. The van der Waals surface area contributed by atoms with Crippen LogP contribution < -0.4 is 19.5 Å². The zero-order valence-corrected chi connectivity index (χ0v) is 17.8. The van der Waals surface area contributed by atoms with Crippen molar-refractivity contribution in [1.29, 1.82) is 0 Å². The van der Waals surface area contributed by atoms with Crippen molar-refractivity contribution in [2.45, 2.75) is 25.3 Å². The van der Waals surface area contributed by atoms with Crippen LogP contribution in [0.3, 0.4) is 0 Å². The van der Waals surface area contributed by atoms with Gasteiger partial charge in [0.05, 0.1) is 33.6 Å². The lowest BCUT2D eigenvalue weighted by Crippen LogP contribution is -2.40. The minimum absolute atomic E-state index is 0.0406. The molecule has 0 spiro atoms. The maximum Gasteiger partial charge on any atom is 0.244 e. The Morgan fingerprint density at radius 3 is 2.40 bits per heavy atom. The van der Waals surface area contributed by atoms with Crippen LogP contribution in [0.4, 0.5) is 0 Å². The van der Waals surface area contributed by atoms with Crippen LogP contribution in [0.2, 0.25) is 0 Å². The van der Waals surface area contributed by atoms with Gasteiger partial charge < -0.3 is 23.9 Å². The van der Waals surface area contributed by atoms with Crippen LogP contribution in [0.15, 0.2) is 41.0 Å². The summed E-state index contributed by atoms with van der Waals surface area (Å²) in [6.07, 6.45) is 8.51. The van der Waals surface area contributed by atoms with Gasteiger partial charge in [0.2, 0.25) is 11.7 Å². The van der Waals surface area contributed by atoms with Gasteiger partial charge in [-0.25, -0.2) is 0 Å². The van der Waals surface area contributed by atoms with E-state index < -0.39 is 0 Å². The minimum Gasteiger partial charge on any atom is -0.493 e. The lowest BCUT2D eigenvalue weighted by molar-refractivity contribution is -0.116. The Kier molecular flexibility index (Phi) is 7.79. The molecule has 1 aromatic heterocycles. The first-order chi connectivity index (χ1) is 14.7. The fraction of sp³-hybridized carbons (Fsp3) is 0.435. The van der Waals surface area contributed by atoms with E-state index in [4.69, 9.17) is 18.6 Å². The lowest BCUT2D eigenvalue weighted by atomic mass is 10.1. The van der Waals surface area contributed by atoms with Crippen LogP contribution in [-0.2, 0) is 4.79 Å². The van der Waals surface area contributed by atoms with Gasteiger partial charge in [-0.1, -0.05) is 6.42 Å². The first-order valence-corrected chi connectivity index (χ1v) is 10.2. The van der Waals surface area contributed by atoms with Gasteiger partial charge in [0, 0.05) is 12.6 Å². The van der Waals surface area contributed by atoms with E-state index in [1.54, 1.807) is 45.8 Å². The monoisotopic (exact) mass is 414 g/mol. The molecular formula is C23H30N2O5. The van der Waals surface area contributed by atoms with Crippen LogP contribution in [0, 0.1) is 0 Å². The first kappa shape index (κ1) is 21.8. The SMILES string of the molecule is COc1cc(/C=C\C(=O)NC[C@@H](c2ccco2)N2CCCCC2)cc(OC)c1OC. The van der Waals surface area contributed by atoms with Crippen molar-refractivity contribution >= 4 is 12.0 Å². The zero-order valence-electron chi connectivity index (χ0n) is 17.8. The molecule has 0 saturated carbocycles. The maximum absolute atomic E-state index is 12.5. The van der Waals surface area contributed by atoms with E-state index >= 15 is 0 Å². The second-order valence-electron chi connectivity index (χ2n) is 7.17. The third-order valence-corrected chi connectivity index (χ3v) is 5.29. The Bertz CT molecular complexity index is 816. The number of hydrogen-bond donors (Lipinski definition) is 1. The number of amides is 1. The van der Waals surface area contributed by atoms with E-state index in [0.29, 0.717) is 23.8 Å². The van der Waals surface area contributed by atoms with Gasteiger partial charge in [0.15, 0.2) is 11.5 Å². The van der Waals surface area contributed by atoms with Crippen molar-refractivity contribution in [2.24, 2.45) is 0 Å². The summed E-state index contributed by atoms with van der Waals surface area (Å²) >= 11 is 0. The highest BCUT2D eigenvalue weighted by atomic mass is 16.5. The Hall–Kier alpha value is -2.93. The molecule has 2 aromatic rings. The van der Waals surface area contributed by atoms with Crippen molar-refractivity contribution in [1.82, 2.24) is 10.2 Å². The van der Waals surface area contributed by atoms with E-state index in [9.17, 15) is 4.79 Å². The van der Waals surface area contributed by atoms with E-state index in [1.807, 2.05) is 12.1 Å². The molecule has 1 aliphatic rings. The molecule has 0 bridgehead atoms. The molecule has 0 unspecified atom stereocenters. The van der Waals surface area contributed by atoms with Crippen molar-refractivity contribution in [3.63, 3.8) is 0 Å². The number of furan rings is 1. The summed E-state index contributed by atoms with van der Waals surface area (Å²) in [5.41, 5.74) is 0.776. The lowest BCUT2D eigenvalue weighted by Gasteiger charge is -2.33. The van der Waals surface area contributed by atoms with E-state index in [1.165, 1.54) is 25.3 Å². The molecule has 0 radical (unpaired) electrons. The predicted molar refractivity (Wildman–Crippen MR) is 115 cm³/mol. The Morgan fingerprint density at radius 2 is 1.83 bits per heavy atom. The molecule has 1 aromatic carbocycles. The molecule has 0 aliphatic carbocycles. The van der Waals surface area contributed by atoms with Crippen LogP contribution in [-0.4, -0.2) is 51.8 Å². The Balaban J connectivity index is 1.66. The fourth-order valence-corrected chi connectivity index (χ4v) is 3.75. The second-order valence-corrected chi connectivity index (χ2v) is 7.17. The molecule has 7 heteroatoms. The summed E-state index contributed by atoms with van der Waals surface area (Å²) < 4.78 is 21.7. The van der Waals surface area contributed by atoms with Crippen molar-refractivity contribution in [3.05, 3.63) is 47.9 Å². The van der Waals surface area contributed by atoms with Crippen LogP contribution >= 0.6 is 0 Å². The zero-order chi connectivity index (χ0) is 21.3. The van der Waals surface area contributed by atoms with Gasteiger partial charge >= 0.3 is 0 Å². The van der Waals surface area contributed by atoms with Crippen molar-refractivity contribution < 1.29 is 23.4 Å². The van der Waals surface area contributed by atoms with E-state index in [2.05, 4.69) is 10.2 Å². The molecule has 1 saturated heterocycles. The average Bonchev–Trinajstić information content (AvgIpc) is 3.32. The molecule has 1 aliphatic heterocycles. The smallest absolute Gasteiger partial charge is 0.244 e. The molecule has 162 valence electrons. The molecule has 7 nitrogen and oxygen atoms in total. The second kappa shape index (κ2) is 10.7. The summed E-state index contributed by atoms with van der Waals surface area (Å²) in [5.74, 6) is 2.31. The maximum atomic E-state index is 12.5. The molecule has 1 N–H and O–H groups in total. The summed E-state index contributed by atoms with van der Waals surface area (Å²) in [6, 6.07) is 7.49. The summed E-state index contributed by atoms with van der Waals surface area (Å²) in [6.45, 7) is 2.52. The average molecular weight is 415 g/mol. The van der Waals surface area contributed by atoms with Crippen LogP contribution in [0.5, 0.6) is 17.2 Å². The summed E-state index contributed by atoms with van der Waals surface area (Å²) in [4.78, 5) is 14.9. The molecule has 1 fully saturated rings. The summed E-state index contributed by atoms with van der Waals surface area (Å²) in [7, 11) is 4.68. The molecular weight excluding hydrogens is 384 g/mol. The highest BCUT2D eigenvalue weighted by Gasteiger charge is 2.24. The topological polar surface area (TPSA) is 73.2 Å². The van der Waals surface area contributed by atoms with Gasteiger partial charge in [-0.05, 0) is 61.8 Å². The van der Waals surface area contributed by atoms with Crippen molar-refractivity contribution in [3.8, 4) is 17.2 Å². The normalized spacial score (nSPS) is 15.7. The summed E-state index contributed by atoms with van der Waals surface area (Å²) in [5, 5.41) is 3.00. The van der Waals surface area contributed by atoms with Crippen molar-refractivity contribution in [2.75, 3.05) is 41.0 Å². The first-order valence-electron chi connectivity index (χ1n) is 10.2.